The second kappa shape index (κ2) is 15.7. The van der Waals surface area contributed by atoms with Crippen LogP contribution in [-0.2, 0) is 34.1 Å². The van der Waals surface area contributed by atoms with Crippen molar-refractivity contribution in [1.82, 2.24) is 9.97 Å². The first-order valence-electron chi connectivity index (χ1n) is 4.81. The first kappa shape index (κ1) is 28.4. The molecule has 6 nitrogen and oxygen atoms in total. The fraction of sp³-hybridized carbons (Fsp3) is 0. The van der Waals surface area contributed by atoms with E-state index in [4.69, 9.17) is 0 Å². The molecule has 0 aliphatic heterocycles. The molecule has 0 bridgehead atoms. The Bertz CT molecular complexity index is 469. The standard InChI is InChI=1S/2C6H5NO2.2CH3.2Cu/c2*8-3-5-1-2-6(4-9)7-5;;;;/h2*1-4H,(H,7,8,9);2*1H3;;/q;;2*-1;;+1/p-2. The maximum atomic E-state index is 9.96. The zero-order valence-electron chi connectivity index (χ0n) is 11.7. The Morgan fingerprint density at radius 2 is 0.773 bits per heavy atom. The molecule has 0 saturated carbocycles. The van der Waals surface area contributed by atoms with Crippen LogP contribution in [0.15, 0.2) is 24.3 Å². The molecule has 0 fully saturated rings. The molecule has 2 aromatic heterocycles. The average molecular weight is 401 g/mol. The van der Waals surface area contributed by atoms with Gasteiger partial charge in [-0.2, -0.15) is 0 Å². The first-order valence-corrected chi connectivity index (χ1v) is 4.81. The minimum Gasteiger partial charge on any atom is -0.653 e. The maximum absolute atomic E-state index is 9.96. The van der Waals surface area contributed by atoms with Crippen molar-refractivity contribution in [2.24, 2.45) is 0 Å². The van der Waals surface area contributed by atoms with E-state index in [9.17, 15) is 19.2 Å². The molecular formula is C14H14Cu2N2O4-3. The minimum absolute atomic E-state index is 0. The number of hydrogen-bond donors (Lipinski definition) is 0. The number of carbonyl (C=O) groups excluding carboxylic acids is 4. The molecule has 0 spiro atoms. The van der Waals surface area contributed by atoms with E-state index in [1.54, 1.807) is 0 Å². The van der Waals surface area contributed by atoms with Crippen LogP contribution in [0.5, 0.6) is 0 Å². The number of rotatable bonds is 4. The van der Waals surface area contributed by atoms with E-state index in [-0.39, 0.29) is 49.0 Å². The van der Waals surface area contributed by atoms with E-state index >= 15 is 0 Å². The average Bonchev–Trinajstić information content (AvgIpc) is 3.07. The SMILES string of the molecule is O=Cc1ccc(C=O)[n-]1.O=Cc1ccc(C=O)[n-]1.[CH3-].[CH3-].[Cu+].[Cu]. The van der Waals surface area contributed by atoms with Crippen LogP contribution in [-0.4, -0.2) is 25.1 Å². The molecule has 0 amide bonds. The Morgan fingerprint density at radius 3 is 0.864 bits per heavy atom. The number of carbonyl (C=O) groups is 4. The molecule has 0 unspecified atom stereocenters. The fourth-order valence-electron chi connectivity index (χ4n) is 1.05. The van der Waals surface area contributed by atoms with Crippen molar-refractivity contribution in [2.45, 2.75) is 0 Å². The van der Waals surface area contributed by atoms with Gasteiger partial charge in [0.25, 0.3) is 0 Å². The summed E-state index contributed by atoms with van der Waals surface area (Å²) in [6.07, 6.45) is 2.42. The van der Waals surface area contributed by atoms with Crippen LogP contribution >= 0.6 is 0 Å². The van der Waals surface area contributed by atoms with Gasteiger partial charge >= 0.3 is 17.1 Å². The van der Waals surface area contributed by atoms with E-state index in [0.717, 1.165) is 0 Å². The van der Waals surface area contributed by atoms with Gasteiger partial charge in [0.1, 0.15) is 25.1 Å². The second-order valence-corrected chi connectivity index (χ2v) is 3.06. The quantitative estimate of drug-likeness (QED) is 0.437. The zero-order chi connectivity index (χ0) is 13.4. The van der Waals surface area contributed by atoms with Crippen molar-refractivity contribution in [1.29, 1.82) is 0 Å². The third-order valence-electron chi connectivity index (χ3n) is 1.85. The Balaban J connectivity index is -0.000000125. The molecule has 0 atom stereocenters. The molecule has 0 aromatic carbocycles. The third kappa shape index (κ3) is 9.26. The van der Waals surface area contributed by atoms with Gasteiger partial charge in [0.05, 0.1) is 0 Å². The molecule has 0 aliphatic rings. The number of hydrogen-bond acceptors (Lipinski definition) is 4. The van der Waals surface area contributed by atoms with Gasteiger partial charge in [0.2, 0.25) is 0 Å². The van der Waals surface area contributed by atoms with Crippen LogP contribution in [0.25, 0.3) is 0 Å². The smallest absolute Gasteiger partial charge is 0.653 e. The molecule has 0 N–H and O–H groups in total. The monoisotopic (exact) mass is 400 g/mol. The predicted molar refractivity (Wildman–Crippen MR) is 73.9 cm³/mol. The largest absolute Gasteiger partial charge is 1.00 e. The van der Waals surface area contributed by atoms with Gasteiger partial charge in [0.15, 0.2) is 0 Å². The normalized spacial score (nSPS) is 7.27. The number of aromatic nitrogens is 2. The predicted octanol–water partition coefficient (Wildman–Crippen LogP) is 1.43. The summed E-state index contributed by atoms with van der Waals surface area (Å²) in [6, 6.07) is 5.99. The summed E-state index contributed by atoms with van der Waals surface area (Å²) in [5.74, 6) is 0. The Labute approximate surface area is 150 Å². The van der Waals surface area contributed by atoms with Gasteiger partial charge in [-0.1, -0.05) is 47.0 Å². The molecule has 22 heavy (non-hydrogen) atoms. The van der Waals surface area contributed by atoms with Gasteiger partial charge in [0, 0.05) is 17.1 Å². The van der Waals surface area contributed by atoms with Crippen LogP contribution in [0.4, 0.5) is 0 Å². The van der Waals surface area contributed by atoms with Gasteiger partial charge in [-0.05, 0) is 0 Å². The van der Waals surface area contributed by atoms with Crippen molar-refractivity contribution in [2.75, 3.05) is 0 Å². The summed E-state index contributed by atoms with van der Waals surface area (Å²) < 4.78 is 0. The van der Waals surface area contributed by atoms with Crippen molar-refractivity contribution >= 4 is 25.1 Å². The van der Waals surface area contributed by atoms with E-state index in [1.165, 1.54) is 24.3 Å². The van der Waals surface area contributed by atoms with Gasteiger partial charge in [-0.15, -0.1) is 0 Å². The molecular weight excluding hydrogens is 387 g/mol. The summed E-state index contributed by atoms with van der Waals surface area (Å²) in [5, 5.41) is 0. The summed E-state index contributed by atoms with van der Waals surface area (Å²) in [6.45, 7) is 0. The maximum Gasteiger partial charge on any atom is 1.00 e. The Hall–Kier alpha value is -1.72. The number of aldehydes is 4. The van der Waals surface area contributed by atoms with E-state index in [0.29, 0.717) is 47.9 Å². The zero-order valence-corrected chi connectivity index (χ0v) is 13.6. The van der Waals surface area contributed by atoms with Crippen molar-refractivity contribution in [3.05, 3.63) is 61.9 Å². The Kier molecular flexibility index (Phi) is 20.3. The molecule has 2 heterocycles. The van der Waals surface area contributed by atoms with Crippen molar-refractivity contribution < 1.29 is 53.3 Å². The van der Waals surface area contributed by atoms with E-state index in [1.807, 2.05) is 0 Å². The molecule has 2 rings (SSSR count). The first-order chi connectivity index (χ1) is 8.73. The molecule has 2 aromatic rings. The minimum atomic E-state index is 0. The van der Waals surface area contributed by atoms with Gasteiger partial charge < -0.3 is 24.8 Å². The summed E-state index contributed by atoms with van der Waals surface area (Å²) in [4.78, 5) is 47.1. The van der Waals surface area contributed by atoms with Crippen LogP contribution in [0.1, 0.15) is 42.0 Å². The van der Waals surface area contributed by atoms with Crippen LogP contribution < -0.4 is 9.97 Å². The molecule has 8 heteroatoms. The van der Waals surface area contributed by atoms with E-state index < -0.39 is 0 Å². The molecule has 0 aliphatic carbocycles. The molecule has 129 valence electrons. The van der Waals surface area contributed by atoms with Crippen molar-refractivity contribution in [3.8, 4) is 0 Å². The molecule has 0 saturated heterocycles. The third-order valence-corrected chi connectivity index (χ3v) is 1.85. The van der Waals surface area contributed by atoms with Crippen LogP contribution in [0, 0.1) is 14.9 Å². The topological polar surface area (TPSA) is 96.5 Å². The Morgan fingerprint density at radius 1 is 0.591 bits per heavy atom. The summed E-state index contributed by atoms with van der Waals surface area (Å²) in [7, 11) is 0. The number of nitrogens with zero attached hydrogens (tertiary/aromatic N) is 2. The van der Waals surface area contributed by atoms with E-state index in [2.05, 4.69) is 9.97 Å². The van der Waals surface area contributed by atoms with Crippen LogP contribution in [0.3, 0.4) is 0 Å². The van der Waals surface area contributed by atoms with Gasteiger partial charge in [-0.3, -0.25) is 19.2 Å². The fourth-order valence-corrected chi connectivity index (χ4v) is 1.05. The second-order valence-electron chi connectivity index (χ2n) is 3.06. The van der Waals surface area contributed by atoms with Crippen LogP contribution in [0.2, 0.25) is 0 Å². The summed E-state index contributed by atoms with van der Waals surface area (Å²) >= 11 is 0. The summed E-state index contributed by atoms with van der Waals surface area (Å²) in [5.41, 5.74) is 1.21. The molecule has 1 radical (unpaired) electrons. The van der Waals surface area contributed by atoms with Crippen molar-refractivity contribution in [3.63, 3.8) is 0 Å². The van der Waals surface area contributed by atoms with Gasteiger partial charge in [-0.25, -0.2) is 0 Å².